The fourth-order valence-electron chi connectivity index (χ4n) is 3.06. The summed E-state index contributed by atoms with van der Waals surface area (Å²) in [6, 6.07) is 11.4. The monoisotopic (exact) mass is 427 g/mol. The molecule has 0 bridgehead atoms. The molecule has 1 fully saturated rings. The quantitative estimate of drug-likeness (QED) is 0.638. The van der Waals surface area contributed by atoms with Crippen LogP contribution < -0.4 is 4.90 Å². The molecule has 0 unspecified atom stereocenters. The number of halogens is 1. The number of amides is 1. The van der Waals surface area contributed by atoms with Crippen LogP contribution in [0.15, 0.2) is 51.6 Å². The first-order valence-corrected chi connectivity index (χ1v) is 9.46. The van der Waals surface area contributed by atoms with Gasteiger partial charge in [-0.3, -0.25) is 4.79 Å². The van der Waals surface area contributed by atoms with Gasteiger partial charge in [0.1, 0.15) is 5.82 Å². The first-order valence-electron chi connectivity index (χ1n) is 8.67. The van der Waals surface area contributed by atoms with Crippen LogP contribution >= 0.6 is 15.9 Å². The topological polar surface area (TPSA) is 75.4 Å². The highest BCUT2D eigenvalue weighted by Gasteiger charge is 2.23. The molecule has 138 valence electrons. The number of benzene rings is 1. The molecular weight excluding hydrogens is 410 g/mol. The molecular formula is C19H18BrN5O2. The molecule has 3 heterocycles. The van der Waals surface area contributed by atoms with Crippen molar-refractivity contribution in [3.63, 3.8) is 0 Å². The minimum absolute atomic E-state index is 0.0618. The number of aromatic nitrogens is 3. The number of pyridine rings is 1. The summed E-state index contributed by atoms with van der Waals surface area (Å²) in [4.78, 5) is 25.4. The van der Waals surface area contributed by atoms with Gasteiger partial charge >= 0.3 is 0 Å². The maximum Gasteiger partial charge on any atom is 0.254 e. The van der Waals surface area contributed by atoms with Crippen LogP contribution in [0.2, 0.25) is 0 Å². The summed E-state index contributed by atoms with van der Waals surface area (Å²) < 4.78 is 5.91. The Morgan fingerprint density at radius 2 is 1.96 bits per heavy atom. The zero-order valence-corrected chi connectivity index (χ0v) is 16.4. The van der Waals surface area contributed by atoms with Crippen LogP contribution in [0.5, 0.6) is 0 Å². The third-order valence-electron chi connectivity index (χ3n) is 4.50. The van der Waals surface area contributed by atoms with Crippen LogP contribution in [0.4, 0.5) is 5.82 Å². The summed E-state index contributed by atoms with van der Waals surface area (Å²) in [6.07, 6.45) is 1.75. The summed E-state index contributed by atoms with van der Waals surface area (Å²) in [7, 11) is 0. The maximum atomic E-state index is 12.6. The Morgan fingerprint density at radius 1 is 1.15 bits per heavy atom. The van der Waals surface area contributed by atoms with E-state index in [0.29, 0.717) is 30.4 Å². The highest BCUT2D eigenvalue weighted by atomic mass is 79.9. The molecule has 7 nitrogen and oxygen atoms in total. The first-order chi connectivity index (χ1) is 13.1. The van der Waals surface area contributed by atoms with Gasteiger partial charge in [-0.1, -0.05) is 27.2 Å². The molecule has 0 spiro atoms. The fraction of sp³-hybridized carbons (Fsp3) is 0.263. The number of carbonyl (C=O) groups excluding carboxylic acids is 1. The second-order valence-corrected chi connectivity index (χ2v) is 7.25. The predicted octanol–water partition coefficient (Wildman–Crippen LogP) is 3.16. The SMILES string of the molecule is Cc1nc(-c2ccc(N3CCN(C(=O)c4cccc(Br)c4)CC3)nc2)no1. The van der Waals surface area contributed by atoms with Crippen molar-refractivity contribution < 1.29 is 9.32 Å². The Balaban J connectivity index is 1.39. The van der Waals surface area contributed by atoms with Crippen LogP contribution in [0, 0.1) is 6.92 Å². The van der Waals surface area contributed by atoms with Crippen molar-refractivity contribution in [1.82, 2.24) is 20.0 Å². The lowest BCUT2D eigenvalue weighted by molar-refractivity contribution is 0.0746. The lowest BCUT2D eigenvalue weighted by Gasteiger charge is -2.35. The lowest BCUT2D eigenvalue weighted by atomic mass is 10.2. The van der Waals surface area contributed by atoms with Crippen molar-refractivity contribution >= 4 is 27.7 Å². The van der Waals surface area contributed by atoms with Gasteiger partial charge < -0.3 is 14.3 Å². The Labute approximate surface area is 165 Å². The first kappa shape index (κ1) is 17.7. The predicted molar refractivity (Wildman–Crippen MR) is 105 cm³/mol. The molecule has 0 saturated carbocycles. The van der Waals surface area contributed by atoms with E-state index in [0.717, 1.165) is 28.9 Å². The molecule has 0 N–H and O–H groups in total. The third-order valence-corrected chi connectivity index (χ3v) is 4.99. The van der Waals surface area contributed by atoms with Gasteiger partial charge in [0.2, 0.25) is 11.7 Å². The molecule has 0 aliphatic carbocycles. The van der Waals surface area contributed by atoms with Crippen LogP contribution in [0.3, 0.4) is 0 Å². The number of hydrogen-bond donors (Lipinski definition) is 0. The second-order valence-electron chi connectivity index (χ2n) is 6.33. The number of anilines is 1. The van der Waals surface area contributed by atoms with Crippen LogP contribution in [-0.2, 0) is 0 Å². The van der Waals surface area contributed by atoms with E-state index in [-0.39, 0.29) is 5.91 Å². The van der Waals surface area contributed by atoms with Crippen molar-refractivity contribution in [1.29, 1.82) is 0 Å². The highest BCUT2D eigenvalue weighted by Crippen LogP contribution is 2.20. The normalized spacial score (nSPS) is 14.4. The van der Waals surface area contributed by atoms with E-state index in [1.54, 1.807) is 13.1 Å². The van der Waals surface area contributed by atoms with Gasteiger partial charge in [0.25, 0.3) is 5.91 Å². The van der Waals surface area contributed by atoms with E-state index in [4.69, 9.17) is 4.52 Å². The summed E-state index contributed by atoms with van der Waals surface area (Å²) in [5.41, 5.74) is 1.52. The molecule has 1 saturated heterocycles. The summed E-state index contributed by atoms with van der Waals surface area (Å²) in [5.74, 6) is 2.01. The molecule has 4 rings (SSSR count). The second kappa shape index (κ2) is 7.48. The largest absolute Gasteiger partial charge is 0.353 e. The number of nitrogens with zero attached hydrogens (tertiary/aromatic N) is 5. The van der Waals surface area contributed by atoms with Crippen molar-refractivity contribution in [2.75, 3.05) is 31.1 Å². The Morgan fingerprint density at radius 3 is 2.59 bits per heavy atom. The standard InChI is InChI=1S/C19H18BrN5O2/c1-13-22-18(23-27-13)15-5-6-17(21-12-15)24-7-9-25(10-8-24)19(26)14-3-2-4-16(20)11-14/h2-6,11-12H,7-10H2,1H3. The summed E-state index contributed by atoms with van der Waals surface area (Å²) in [5, 5.41) is 3.91. The Bertz CT molecular complexity index is 949. The summed E-state index contributed by atoms with van der Waals surface area (Å²) >= 11 is 3.42. The van der Waals surface area contributed by atoms with Crippen molar-refractivity contribution in [3.05, 3.63) is 58.5 Å². The molecule has 27 heavy (non-hydrogen) atoms. The number of aryl methyl sites for hydroxylation is 1. The van der Waals surface area contributed by atoms with Crippen molar-refractivity contribution in [2.45, 2.75) is 6.92 Å². The van der Waals surface area contributed by atoms with E-state index in [1.807, 2.05) is 41.3 Å². The van der Waals surface area contributed by atoms with Gasteiger partial charge in [-0.05, 0) is 30.3 Å². The van der Waals surface area contributed by atoms with Gasteiger partial charge in [0.15, 0.2) is 0 Å². The Hall–Kier alpha value is -2.74. The molecule has 1 aliphatic heterocycles. The van der Waals surface area contributed by atoms with E-state index >= 15 is 0 Å². The van der Waals surface area contributed by atoms with Gasteiger partial charge in [0, 0.05) is 54.9 Å². The van der Waals surface area contributed by atoms with Crippen LogP contribution in [0.1, 0.15) is 16.2 Å². The molecule has 8 heteroatoms. The summed E-state index contributed by atoms with van der Waals surface area (Å²) in [6.45, 7) is 4.58. The molecule has 1 amide bonds. The number of hydrogen-bond acceptors (Lipinski definition) is 6. The van der Waals surface area contributed by atoms with Crippen LogP contribution in [0.25, 0.3) is 11.4 Å². The molecule has 1 aromatic carbocycles. The molecule has 3 aromatic rings. The minimum atomic E-state index is 0.0618. The molecule has 2 aromatic heterocycles. The van der Waals surface area contributed by atoms with Gasteiger partial charge in [-0.25, -0.2) is 4.98 Å². The zero-order valence-electron chi connectivity index (χ0n) is 14.8. The van der Waals surface area contributed by atoms with Crippen molar-refractivity contribution in [3.8, 4) is 11.4 Å². The Kier molecular flexibility index (Phi) is 4.89. The zero-order chi connectivity index (χ0) is 18.8. The minimum Gasteiger partial charge on any atom is -0.353 e. The smallest absolute Gasteiger partial charge is 0.254 e. The van der Waals surface area contributed by atoms with E-state index in [9.17, 15) is 4.79 Å². The van der Waals surface area contributed by atoms with Crippen molar-refractivity contribution in [2.24, 2.45) is 0 Å². The average molecular weight is 428 g/mol. The number of piperazine rings is 1. The number of carbonyl (C=O) groups is 1. The highest BCUT2D eigenvalue weighted by molar-refractivity contribution is 9.10. The lowest BCUT2D eigenvalue weighted by Crippen LogP contribution is -2.49. The fourth-order valence-corrected chi connectivity index (χ4v) is 3.46. The van der Waals surface area contributed by atoms with Crippen LogP contribution in [-0.4, -0.2) is 52.1 Å². The average Bonchev–Trinajstić information content (AvgIpc) is 3.14. The molecule has 1 aliphatic rings. The van der Waals surface area contributed by atoms with E-state index < -0.39 is 0 Å². The van der Waals surface area contributed by atoms with Gasteiger partial charge in [-0.15, -0.1) is 0 Å². The third kappa shape index (κ3) is 3.85. The number of rotatable bonds is 3. The van der Waals surface area contributed by atoms with Gasteiger partial charge in [0.05, 0.1) is 0 Å². The molecule has 0 atom stereocenters. The van der Waals surface area contributed by atoms with E-state index in [1.165, 1.54) is 0 Å². The molecule has 0 radical (unpaired) electrons. The van der Waals surface area contributed by atoms with E-state index in [2.05, 4.69) is 36.0 Å². The van der Waals surface area contributed by atoms with Gasteiger partial charge in [-0.2, -0.15) is 4.98 Å². The maximum absolute atomic E-state index is 12.6.